The summed E-state index contributed by atoms with van der Waals surface area (Å²) in [6.45, 7) is 4.75. The number of hydrogen-bond donors (Lipinski definition) is 2. The molecule has 1 amide bonds. The van der Waals surface area contributed by atoms with E-state index >= 15 is 0 Å². The molecule has 1 aromatic rings. The lowest BCUT2D eigenvalue weighted by Crippen LogP contribution is -2.32. The second kappa shape index (κ2) is 5.79. The van der Waals surface area contributed by atoms with Crippen molar-refractivity contribution in [2.75, 3.05) is 6.54 Å². The SMILES string of the molecule is CC(C)n1ncc(C(=O)NCC2CCCC2O)c1C1CC1. The summed E-state index contributed by atoms with van der Waals surface area (Å²) in [5.74, 6) is 0.661. The van der Waals surface area contributed by atoms with Gasteiger partial charge in [0.2, 0.25) is 0 Å². The molecule has 0 saturated heterocycles. The Bertz CT molecular complexity index is 520. The highest BCUT2D eigenvalue weighted by Gasteiger charge is 2.33. The average Bonchev–Trinajstić information content (AvgIpc) is 3.05. The maximum Gasteiger partial charge on any atom is 0.254 e. The Hall–Kier alpha value is -1.36. The lowest BCUT2D eigenvalue weighted by molar-refractivity contribution is 0.0915. The molecule has 0 aromatic carbocycles. The molecule has 0 aliphatic heterocycles. The zero-order chi connectivity index (χ0) is 15.0. The molecule has 1 heterocycles. The molecule has 2 aliphatic rings. The van der Waals surface area contributed by atoms with Gasteiger partial charge in [0.25, 0.3) is 5.91 Å². The summed E-state index contributed by atoms with van der Waals surface area (Å²) in [4.78, 5) is 12.5. The van der Waals surface area contributed by atoms with E-state index in [0.29, 0.717) is 12.5 Å². The fourth-order valence-electron chi connectivity index (χ4n) is 3.30. The summed E-state index contributed by atoms with van der Waals surface area (Å²) in [6.07, 6.45) is 6.67. The van der Waals surface area contributed by atoms with Crippen molar-refractivity contribution in [2.24, 2.45) is 5.92 Å². The van der Waals surface area contributed by atoms with Gasteiger partial charge >= 0.3 is 0 Å². The first-order valence-corrected chi connectivity index (χ1v) is 8.11. The second-order valence-corrected chi connectivity index (χ2v) is 6.72. The van der Waals surface area contributed by atoms with Gasteiger partial charge in [-0.05, 0) is 39.5 Å². The number of nitrogens with one attached hydrogen (secondary N) is 1. The van der Waals surface area contributed by atoms with Crippen molar-refractivity contribution in [3.05, 3.63) is 17.5 Å². The van der Waals surface area contributed by atoms with Gasteiger partial charge in [0.1, 0.15) is 0 Å². The van der Waals surface area contributed by atoms with E-state index in [-0.39, 0.29) is 24.0 Å². The second-order valence-electron chi connectivity index (χ2n) is 6.72. The maximum atomic E-state index is 12.5. The Morgan fingerprint density at radius 2 is 2.19 bits per heavy atom. The number of aromatic nitrogens is 2. The van der Waals surface area contributed by atoms with Gasteiger partial charge in [0, 0.05) is 24.4 Å². The molecule has 2 fully saturated rings. The van der Waals surface area contributed by atoms with Crippen LogP contribution in [0.15, 0.2) is 6.20 Å². The van der Waals surface area contributed by atoms with Crippen LogP contribution >= 0.6 is 0 Å². The van der Waals surface area contributed by atoms with Gasteiger partial charge in [-0.3, -0.25) is 9.48 Å². The molecule has 0 spiro atoms. The molecule has 2 unspecified atom stereocenters. The summed E-state index contributed by atoms with van der Waals surface area (Å²) in [7, 11) is 0. The van der Waals surface area contributed by atoms with Gasteiger partial charge < -0.3 is 10.4 Å². The Morgan fingerprint density at radius 3 is 2.76 bits per heavy atom. The lowest BCUT2D eigenvalue weighted by Gasteiger charge is -2.16. The van der Waals surface area contributed by atoms with Crippen LogP contribution in [-0.2, 0) is 0 Å². The summed E-state index contributed by atoms with van der Waals surface area (Å²) >= 11 is 0. The monoisotopic (exact) mass is 291 g/mol. The molecule has 2 saturated carbocycles. The van der Waals surface area contributed by atoms with Crippen LogP contribution in [0.5, 0.6) is 0 Å². The molecule has 2 atom stereocenters. The molecule has 5 nitrogen and oxygen atoms in total. The third-order valence-electron chi connectivity index (χ3n) is 4.68. The molecule has 1 aromatic heterocycles. The zero-order valence-electron chi connectivity index (χ0n) is 12.9. The van der Waals surface area contributed by atoms with Gasteiger partial charge in [-0.15, -0.1) is 0 Å². The van der Waals surface area contributed by atoms with Gasteiger partial charge in [-0.25, -0.2) is 0 Å². The highest BCUT2D eigenvalue weighted by Crippen LogP contribution is 2.42. The van der Waals surface area contributed by atoms with E-state index in [9.17, 15) is 9.90 Å². The van der Waals surface area contributed by atoms with Crippen molar-refractivity contribution >= 4 is 5.91 Å². The summed E-state index contributed by atoms with van der Waals surface area (Å²) in [5, 5.41) is 17.2. The Kier molecular flexibility index (Phi) is 4.02. The fourth-order valence-corrected chi connectivity index (χ4v) is 3.30. The first-order chi connectivity index (χ1) is 10.1. The number of aliphatic hydroxyl groups excluding tert-OH is 1. The normalized spacial score (nSPS) is 25.5. The van der Waals surface area contributed by atoms with Crippen LogP contribution in [0.25, 0.3) is 0 Å². The molecule has 21 heavy (non-hydrogen) atoms. The summed E-state index contributed by atoms with van der Waals surface area (Å²) < 4.78 is 1.98. The third-order valence-corrected chi connectivity index (χ3v) is 4.68. The Morgan fingerprint density at radius 1 is 1.43 bits per heavy atom. The molecule has 0 bridgehead atoms. The van der Waals surface area contributed by atoms with Crippen LogP contribution in [0.3, 0.4) is 0 Å². The van der Waals surface area contributed by atoms with Crippen molar-refractivity contribution in [2.45, 2.75) is 64.0 Å². The minimum absolute atomic E-state index is 0.0390. The summed E-state index contributed by atoms with van der Waals surface area (Å²) in [5.41, 5.74) is 1.81. The third kappa shape index (κ3) is 2.98. The summed E-state index contributed by atoms with van der Waals surface area (Å²) in [6, 6.07) is 0.277. The smallest absolute Gasteiger partial charge is 0.254 e. The van der Waals surface area contributed by atoms with Gasteiger partial charge in [0.05, 0.1) is 23.6 Å². The molecule has 2 aliphatic carbocycles. The topological polar surface area (TPSA) is 67.2 Å². The predicted octanol–water partition coefficient (Wildman–Crippen LogP) is 2.23. The number of nitrogens with zero attached hydrogens (tertiary/aromatic N) is 2. The molecule has 3 rings (SSSR count). The number of hydrogen-bond acceptors (Lipinski definition) is 3. The van der Waals surface area contributed by atoms with Gasteiger partial charge in [-0.2, -0.15) is 5.10 Å². The molecule has 116 valence electrons. The first kappa shape index (κ1) is 14.6. The number of amides is 1. The van der Waals surface area contributed by atoms with E-state index in [1.807, 2.05) is 4.68 Å². The molecular formula is C16H25N3O2. The molecular weight excluding hydrogens is 266 g/mol. The minimum Gasteiger partial charge on any atom is -0.393 e. The van der Waals surface area contributed by atoms with Crippen LogP contribution < -0.4 is 5.32 Å². The fraction of sp³-hybridized carbons (Fsp3) is 0.750. The lowest BCUT2D eigenvalue weighted by atomic mass is 10.1. The Balaban J connectivity index is 1.69. The number of carbonyl (C=O) groups is 1. The number of rotatable bonds is 5. The van der Waals surface area contributed by atoms with E-state index in [1.54, 1.807) is 6.20 Å². The predicted molar refractivity (Wildman–Crippen MR) is 80.3 cm³/mol. The molecule has 5 heteroatoms. The standard InChI is InChI=1S/C16H25N3O2/c1-10(2)19-15(11-6-7-11)13(9-18-19)16(21)17-8-12-4-3-5-14(12)20/h9-12,14,20H,3-8H2,1-2H3,(H,17,21). The highest BCUT2D eigenvalue weighted by atomic mass is 16.3. The quantitative estimate of drug-likeness (QED) is 0.874. The van der Waals surface area contributed by atoms with Crippen molar-refractivity contribution in [1.29, 1.82) is 0 Å². The van der Waals surface area contributed by atoms with E-state index in [4.69, 9.17) is 0 Å². The van der Waals surface area contributed by atoms with Crippen LogP contribution in [0.2, 0.25) is 0 Å². The van der Waals surface area contributed by atoms with E-state index in [0.717, 1.165) is 43.4 Å². The molecule has 2 N–H and O–H groups in total. The van der Waals surface area contributed by atoms with E-state index in [1.165, 1.54) is 0 Å². The van der Waals surface area contributed by atoms with Crippen molar-refractivity contribution < 1.29 is 9.90 Å². The van der Waals surface area contributed by atoms with Crippen LogP contribution in [0.4, 0.5) is 0 Å². The van der Waals surface area contributed by atoms with E-state index in [2.05, 4.69) is 24.3 Å². The zero-order valence-corrected chi connectivity index (χ0v) is 12.9. The number of aliphatic hydroxyl groups is 1. The van der Waals surface area contributed by atoms with Crippen LogP contribution in [-0.4, -0.2) is 33.4 Å². The van der Waals surface area contributed by atoms with Crippen molar-refractivity contribution in [1.82, 2.24) is 15.1 Å². The Labute approximate surface area is 125 Å². The minimum atomic E-state index is -0.258. The largest absolute Gasteiger partial charge is 0.393 e. The van der Waals surface area contributed by atoms with Gasteiger partial charge in [0.15, 0.2) is 0 Å². The van der Waals surface area contributed by atoms with Crippen LogP contribution in [0.1, 0.15) is 74.0 Å². The van der Waals surface area contributed by atoms with Crippen molar-refractivity contribution in [3.63, 3.8) is 0 Å². The van der Waals surface area contributed by atoms with Crippen molar-refractivity contribution in [3.8, 4) is 0 Å². The maximum absolute atomic E-state index is 12.5. The van der Waals surface area contributed by atoms with Gasteiger partial charge in [-0.1, -0.05) is 6.42 Å². The van der Waals surface area contributed by atoms with Crippen LogP contribution in [0, 0.1) is 5.92 Å². The first-order valence-electron chi connectivity index (χ1n) is 8.11. The molecule has 0 radical (unpaired) electrons. The average molecular weight is 291 g/mol. The highest BCUT2D eigenvalue weighted by molar-refractivity contribution is 5.95. The number of carbonyl (C=O) groups excluding carboxylic acids is 1. The van der Waals surface area contributed by atoms with E-state index < -0.39 is 0 Å².